The fourth-order valence-corrected chi connectivity index (χ4v) is 5.22. The first-order valence-corrected chi connectivity index (χ1v) is 13.0. The van der Waals surface area contributed by atoms with Gasteiger partial charge in [-0.2, -0.15) is 0 Å². The van der Waals surface area contributed by atoms with Crippen LogP contribution in [0.5, 0.6) is 0 Å². The van der Waals surface area contributed by atoms with E-state index in [2.05, 4.69) is 11.4 Å². The number of hydrogen-bond acceptors (Lipinski definition) is 4. The van der Waals surface area contributed by atoms with Gasteiger partial charge < -0.3 is 19.9 Å². The van der Waals surface area contributed by atoms with Gasteiger partial charge in [-0.05, 0) is 73.2 Å². The Hall–Kier alpha value is -4.53. The maximum atomic E-state index is 14.8. The number of benzene rings is 3. The predicted octanol–water partition coefficient (Wildman–Crippen LogP) is 4.38. The number of para-hydroxylation sites is 2. The highest BCUT2D eigenvalue weighted by atomic mass is 19.1. The topological polar surface area (TPSA) is 90.0 Å². The first-order chi connectivity index (χ1) is 18.9. The number of rotatable bonds is 5. The molecule has 0 spiro atoms. The van der Waals surface area contributed by atoms with Crippen molar-refractivity contribution in [2.45, 2.75) is 32.7 Å². The van der Waals surface area contributed by atoms with Crippen molar-refractivity contribution < 1.29 is 23.6 Å². The molecular weight excluding hydrogens is 499 g/mol. The summed E-state index contributed by atoms with van der Waals surface area (Å²) in [5.74, 6) is -1.22. The third-order valence-electron chi connectivity index (χ3n) is 7.25. The van der Waals surface area contributed by atoms with Crippen LogP contribution in [0.15, 0.2) is 60.7 Å². The minimum Gasteiger partial charge on any atom is -0.334 e. The summed E-state index contributed by atoms with van der Waals surface area (Å²) in [6.07, 6.45) is 3.47. The third-order valence-corrected chi connectivity index (χ3v) is 7.25. The third kappa shape index (κ3) is 5.12. The number of carbonyl (C=O) groups excluding carboxylic acids is 4. The number of nitrogens with one attached hydrogen (secondary N) is 1. The van der Waals surface area contributed by atoms with Crippen LogP contribution in [0, 0.1) is 12.7 Å². The molecule has 0 saturated heterocycles. The van der Waals surface area contributed by atoms with Crippen LogP contribution >= 0.6 is 0 Å². The van der Waals surface area contributed by atoms with Gasteiger partial charge in [-0.1, -0.05) is 30.3 Å². The molecule has 0 radical (unpaired) electrons. The molecule has 2 heterocycles. The molecule has 0 bridgehead atoms. The van der Waals surface area contributed by atoms with Crippen molar-refractivity contribution in [2.75, 3.05) is 34.3 Å². The molecule has 0 saturated carbocycles. The Morgan fingerprint density at radius 1 is 1.00 bits per heavy atom. The largest absolute Gasteiger partial charge is 0.334 e. The van der Waals surface area contributed by atoms with Gasteiger partial charge in [-0.3, -0.25) is 14.5 Å². The summed E-state index contributed by atoms with van der Waals surface area (Å²) >= 11 is 0. The average molecular weight is 529 g/mol. The monoisotopic (exact) mass is 528 g/mol. The van der Waals surface area contributed by atoms with Crippen molar-refractivity contribution in [3.63, 3.8) is 0 Å². The van der Waals surface area contributed by atoms with Gasteiger partial charge in [0.15, 0.2) is 0 Å². The van der Waals surface area contributed by atoms with E-state index >= 15 is 0 Å². The van der Waals surface area contributed by atoms with Crippen LogP contribution in [0.1, 0.15) is 39.9 Å². The second-order valence-corrected chi connectivity index (χ2v) is 9.71. The molecule has 3 aromatic carbocycles. The summed E-state index contributed by atoms with van der Waals surface area (Å²) in [6, 6.07) is 16.9. The number of anilines is 3. The summed E-state index contributed by atoms with van der Waals surface area (Å²) < 4.78 is 14.8. The van der Waals surface area contributed by atoms with Crippen LogP contribution < -0.4 is 20.0 Å². The molecule has 8 nitrogen and oxygen atoms in total. The Morgan fingerprint density at radius 2 is 1.79 bits per heavy atom. The van der Waals surface area contributed by atoms with Gasteiger partial charge in [-0.15, -0.1) is 0 Å². The molecule has 0 unspecified atom stereocenters. The molecule has 3 aromatic rings. The summed E-state index contributed by atoms with van der Waals surface area (Å²) in [5, 5.41) is 2.76. The first kappa shape index (κ1) is 26.1. The van der Waals surface area contributed by atoms with Crippen molar-refractivity contribution in [3.8, 4) is 0 Å². The van der Waals surface area contributed by atoms with Crippen molar-refractivity contribution in [1.29, 1.82) is 0 Å². The maximum Gasteiger partial charge on any atom is 0.322 e. The fraction of sp³-hybridized carbons (Fsp3) is 0.267. The molecule has 2 aliphatic rings. The molecule has 0 aromatic heterocycles. The molecule has 0 aliphatic carbocycles. The second kappa shape index (κ2) is 11.1. The Kier molecular flexibility index (Phi) is 7.40. The van der Waals surface area contributed by atoms with E-state index in [4.69, 9.17) is 0 Å². The quantitative estimate of drug-likeness (QED) is 0.498. The van der Waals surface area contributed by atoms with Crippen LogP contribution in [0.4, 0.5) is 26.2 Å². The van der Waals surface area contributed by atoms with E-state index in [1.165, 1.54) is 23.8 Å². The molecule has 9 heteroatoms. The lowest BCUT2D eigenvalue weighted by Crippen LogP contribution is -2.52. The normalized spacial score (nSPS) is 14.8. The van der Waals surface area contributed by atoms with Gasteiger partial charge in [0, 0.05) is 24.3 Å². The SMILES string of the molecule is Cc1cc(C(=O)N2CCCCc3ccccc32)ccc1CNC(=O)N1CC(=O)N(CC=O)c2cccc(F)c21. The molecule has 0 atom stereocenters. The van der Waals surface area contributed by atoms with E-state index in [9.17, 15) is 23.6 Å². The Morgan fingerprint density at radius 3 is 2.59 bits per heavy atom. The molecule has 2 aliphatic heterocycles. The number of hydrogen-bond donors (Lipinski definition) is 1. The number of aldehydes is 1. The molecular formula is C30H29FN4O4. The fourth-order valence-electron chi connectivity index (χ4n) is 5.22. The van der Waals surface area contributed by atoms with Crippen LogP contribution in [0.2, 0.25) is 0 Å². The number of fused-ring (bicyclic) bond motifs is 2. The summed E-state index contributed by atoms with van der Waals surface area (Å²) in [4.78, 5) is 54.3. The van der Waals surface area contributed by atoms with E-state index < -0.39 is 24.3 Å². The van der Waals surface area contributed by atoms with Gasteiger partial charge >= 0.3 is 6.03 Å². The number of nitrogens with zero attached hydrogens (tertiary/aromatic N) is 3. The smallest absolute Gasteiger partial charge is 0.322 e. The highest BCUT2D eigenvalue weighted by Crippen LogP contribution is 2.36. The van der Waals surface area contributed by atoms with E-state index in [0.717, 1.165) is 45.9 Å². The van der Waals surface area contributed by atoms with Crippen molar-refractivity contribution in [3.05, 3.63) is 88.7 Å². The summed E-state index contributed by atoms with van der Waals surface area (Å²) in [7, 11) is 0. The van der Waals surface area contributed by atoms with Gasteiger partial charge in [0.1, 0.15) is 24.3 Å². The highest BCUT2D eigenvalue weighted by Gasteiger charge is 2.34. The van der Waals surface area contributed by atoms with Gasteiger partial charge in [-0.25, -0.2) is 9.18 Å². The lowest BCUT2D eigenvalue weighted by Gasteiger charge is -2.35. The van der Waals surface area contributed by atoms with Crippen LogP contribution in [0.3, 0.4) is 0 Å². The van der Waals surface area contributed by atoms with Crippen molar-refractivity contribution in [2.24, 2.45) is 0 Å². The number of carbonyl (C=O) groups is 4. The molecule has 1 N–H and O–H groups in total. The Labute approximate surface area is 226 Å². The minimum absolute atomic E-state index is 0.0492. The number of urea groups is 1. The second-order valence-electron chi connectivity index (χ2n) is 9.71. The summed E-state index contributed by atoms with van der Waals surface area (Å²) in [5.41, 5.74) is 4.41. The first-order valence-electron chi connectivity index (χ1n) is 13.0. The Balaban J connectivity index is 1.31. The summed E-state index contributed by atoms with van der Waals surface area (Å²) in [6.45, 7) is 2.03. The molecule has 5 rings (SSSR count). The average Bonchev–Trinajstić information content (AvgIpc) is 3.16. The molecule has 4 amide bonds. The molecule has 39 heavy (non-hydrogen) atoms. The molecule has 200 valence electrons. The van der Waals surface area contributed by atoms with Gasteiger partial charge in [0.05, 0.1) is 12.2 Å². The van der Waals surface area contributed by atoms with E-state index in [0.29, 0.717) is 18.4 Å². The Bertz CT molecular complexity index is 1460. The van der Waals surface area contributed by atoms with E-state index in [1.54, 1.807) is 12.1 Å². The highest BCUT2D eigenvalue weighted by molar-refractivity contribution is 6.11. The zero-order valence-corrected chi connectivity index (χ0v) is 21.7. The lowest BCUT2D eigenvalue weighted by molar-refractivity contribution is -0.118. The zero-order valence-electron chi connectivity index (χ0n) is 21.7. The molecule has 0 fully saturated rings. The van der Waals surface area contributed by atoms with Crippen molar-refractivity contribution >= 4 is 41.2 Å². The number of aryl methyl sites for hydroxylation is 2. The van der Waals surface area contributed by atoms with Gasteiger partial charge in [0.2, 0.25) is 5.91 Å². The van der Waals surface area contributed by atoms with Gasteiger partial charge in [0.25, 0.3) is 5.91 Å². The predicted molar refractivity (Wildman–Crippen MR) is 147 cm³/mol. The number of halogens is 1. The van der Waals surface area contributed by atoms with Crippen LogP contribution in [-0.2, 0) is 22.6 Å². The lowest BCUT2D eigenvalue weighted by atomic mass is 10.0. The maximum absolute atomic E-state index is 14.8. The van der Waals surface area contributed by atoms with E-state index in [1.807, 2.05) is 36.1 Å². The van der Waals surface area contributed by atoms with E-state index in [-0.39, 0.29) is 30.4 Å². The van der Waals surface area contributed by atoms with Crippen LogP contribution in [0.25, 0.3) is 0 Å². The van der Waals surface area contributed by atoms with Crippen molar-refractivity contribution in [1.82, 2.24) is 5.32 Å². The number of amides is 4. The minimum atomic E-state index is -0.666. The van der Waals surface area contributed by atoms with Crippen LogP contribution in [-0.4, -0.2) is 43.8 Å². The zero-order chi connectivity index (χ0) is 27.5. The standard InChI is InChI=1S/C30H29FN4O4/c1-20-17-22(29(38)34-14-5-4-8-21-7-2-3-10-25(21)34)12-13-23(20)18-32-30(39)35-19-27(37)33(15-16-36)26-11-6-9-24(31)28(26)35/h2-3,6-7,9-13,16-17H,4-5,8,14-15,18-19H2,1H3,(H,32,39).